The lowest BCUT2D eigenvalue weighted by atomic mass is 10.0. The predicted molar refractivity (Wildman–Crippen MR) is 64.6 cm³/mol. The highest BCUT2D eigenvalue weighted by Crippen LogP contribution is 2.16. The smallest absolute Gasteiger partial charge is 0.251 e. The summed E-state index contributed by atoms with van der Waals surface area (Å²) in [6, 6.07) is 3.63. The van der Waals surface area contributed by atoms with Crippen molar-refractivity contribution in [2.75, 3.05) is 6.61 Å². The molecule has 1 aromatic rings. The Morgan fingerprint density at radius 3 is 2.71 bits per heavy atom. The predicted octanol–water partition coefficient (Wildman–Crippen LogP) is 2.23. The van der Waals surface area contributed by atoms with Crippen LogP contribution in [0.1, 0.15) is 24.2 Å². The number of rotatable bonds is 4. The van der Waals surface area contributed by atoms with Crippen LogP contribution < -0.4 is 5.32 Å². The molecule has 1 amide bonds. The highest BCUT2D eigenvalue weighted by atomic mass is 35.5. The van der Waals surface area contributed by atoms with Crippen LogP contribution in [0.15, 0.2) is 18.2 Å². The molecule has 94 valence electrons. The molecule has 2 atom stereocenters. The molecule has 2 unspecified atom stereocenters. The molecular formula is C12H15ClFNO2. The van der Waals surface area contributed by atoms with E-state index in [1.807, 2.05) is 6.92 Å². The zero-order valence-electron chi connectivity index (χ0n) is 9.71. The first-order chi connectivity index (χ1) is 7.95. The minimum absolute atomic E-state index is 0.00831. The summed E-state index contributed by atoms with van der Waals surface area (Å²) in [5.41, 5.74) is 0.299. The average molecular weight is 260 g/mol. The first kappa shape index (κ1) is 13.9. The fourth-order valence-electron chi connectivity index (χ4n) is 1.23. The Morgan fingerprint density at radius 1 is 1.53 bits per heavy atom. The van der Waals surface area contributed by atoms with Gasteiger partial charge in [0.1, 0.15) is 5.82 Å². The Labute approximate surface area is 105 Å². The summed E-state index contributed by atoms with van der Waals surface area (Å²) in [4.78, 5) is 11.8. The highest BCUT2D eigenvalue weighted by molar-refractivity contribution is 6.31. The van der Waals surface area contributed by atoms with E-state index in [-0.39, 0.29) is 29.5 Å². The lowest BCUT2D eigenvalue weighted by Crippen LogP contribution is -2.38. The minimum Gasteiger partial charge on any atom is -0.396 e. The Bertz CT molecular complexity index is 411. The van der Waals surface area contributed by atoms with Gasteiger partial charge in [-0.15, -0.1) is 0 Å². The number of benzene rings is 1. The largest absolute Gasteiger partial charge is 0.396 e. The van der Waals surface area contributed by atoms with Crippen LogP contribution in [0, 0.1) is 11.7 Å². The van der Waals surface area contributed by atoms with Gasteiger partial charge in [0.25, 0.3) is 5.91 Å². The van der Waals surface area contributed by atoms with E-state index in [1.54, 1.807) is 6.92 Å². The second-order valence-corrected chi connectivity index (χ2v) is 4.46. The standard InChI is InChI=1S/C12H15ClFNO2/c1-7(6-16)8(2)15-12(17)9-3-4-11(14)10(13)5-9/h3-5,7-8,16H,6H2,1-2H3,(H,15,17). The molecule has 0 spiro atoms. The van der Waals surface area contributed by atoms with Crippen molar-refractivity contribution in [3.63, 3.8) is 0 Å². The third kappa shape index (κ3) is 3.68. The Balaban J connectivity index is 2.73. The van der Waals surface area contributed by atoms with Crippen LogP contribution >= 0.6 is 11.6 Å². The van der Waals surface area contributed by atoms with Crippen LogP contribution in [0.5, 0.6) is 0 Å². The first-order valence-corrected chi connectivity index (χ1v) is 5.70. The molecule has 0 radical (unpaired) electrons. The van der Waals surface area contributed by atoms with Crippen molar-refractivity contribution in [2.45, 2.75) is 19.9 Å². The number of hydrogen-bond donors (Lipinski definition) is 2. The molecular weight excluding hydrogens is 245 g/mol. The molecule has 0 aliphatic heterocycles. The molecule has 0 fully saturated rings. The van der Waals surface area contributed by atoms with E-state index < -0.39 is 5.82 Å². The van der Waals surface area contributed by atoms with Gasteiger partial charge in [0.15, 0.2) is 0 Å². The minimum atomic E-state index is -0.556. The summed E-state index contributed by atoms with van der Waals surface area (Å²) in [6.07, 6.45) is 0. The third-order valence-corrected chi connectivity index (χ3v) is 2.97. The summed E-state index contributed by atoms with van der Waals surface area (Å²) < 4.78 is 12.9. The SMILES string of the molecule is CC(CO)C(C)NC(=O)c1ccc(F)c(Cl)c1. The summed E-state index contributed by atoms with van der Waals surface area (Å²) in [5, 5.41) is 11.6. The van der Waals surface area contributed by atoms with E-state index in [4.69, 9.17) is 16.7 Å². The van der Waals surface area contributed by atoms with E-state index in [2.05, 4.69) is 5.32 Å². The quantitative estimate of drug-likeness (QED) is 0.871. The van der Waals surface area contributed by atoms with Crippen LogP contribution in [0.3, 0.4) is 0 Å². The number of carbonyl (C=O) groups excluding carboxylic acids is 1. The maximum absolute atomic E-state index is 12.9. The zero-order valence-corrected chi connectivity index (χ0v) is 10.5. The molecule has 1 aromatic carbocycles. The number of carbonyl (C=O) groups is 1. The van der Waals surface area contributed by atoms with Crippen LogP contribution in [0.4, 0.5) is 4.39 Å². The molecule has 0 heterocycles. The molecule has 0 aromatic heterocycles. The number of amides is 1. The normalized spacial score (nSPS) is 14.2. The van der Waals surface area contributed by atoms with Crippen molar-refractivity contribution < 1.29 is 14.3 Å². The molecule has 0 bridgehead atoms. The lowest BCUT2D eigenvalue weighted by molar-refractivity contribution is 0.0916. The van der Waals surface area contributed by atoms with Gasteiger partial charge in [-0.1, -0.05) is 18.5 Å². The topological polar surface area (TPSA) is 49.3 Å². The van der Waals surface area contributed by atoms with Crippen molar-refractivity contribution in [1.29, 1.82) is 0 Å². The summed E-state index contributed by atoms with van der Waals surface area (Å²) in [6.45, 7) is 3.61. The molecule has 2 N–H and O–H groups in total. The monoisotopic (exact) mass is 259 g/mol. The average Bonchev–Trinajstić information content (AvgIpc) is 2.31. The fourth-order valence-corrected chi connectivity index (χ4v) is 1.41. The highest BCUT2D eigenvalue weighted by Gasteiger charge is 2.15. The van der Waals surface area contributed by atoms with E-state index >= 15 is 0 Å². The number of aliphatic hydroxyl groups is 1. The Morgan fingerprint density at radius 2 is 2.18 bits per heavy atom. The van der Waals surface area contributed by atoms with Gasteiger partial charge >= 0.3 is 0 Å². The van der Waals surface area contributed by atoms with Gasteiger partial charge in [-0.05, 0) is 31.0 Å². The van der Waals surface area contributed by atoms with Crippen molar-refractivity contribution in [2.24, 2.45) is 5.92 Å². The molecule has 0 saturated heterocycles. The van der Waals surface area contributed by atoms with Crippen molar-refractivity contribution >= 4 is 17.5 Å². The van der Waals surface area contributed by atoms with Gasteiger partial charge in [0.05, 0.1) is 5.02 Å². The van der Waals surface area contributed by atoms with E-state index in [0.717, 1.165) is 6.07 Å². The molecule has 5 heteroatoms. The number of nitrogens with one attached hydrogen (secondary N) is 1. The van der Waals surface area contributed by atoms with E-state index in [9.17, 15) is 9.18 Å². The first-order valence-electron chi connectivity index (χ1n) is 5.32. The fraction of sp³-hybridized carbons (Fsp3) is 0.417. The van der Waals surface area contributed by atoms with Crippen molar-refractivity contribution in [3.8, 4) is 0 Å². The summed E-state index contributed by atoms with van der Waals surface area (Å²) >= 11 is 5.59. The molecule has 0 saturated carbocycles. The number of aliphatic hydroxyl groups excluding tert-OH is 1. The Kier molecular flexibility index (Phi) is 4.90. The van der Waals surface area contributed by atoms with Gasteiger partial charge < -0.3 is 10.4 Å². The van der Waals surface area contributed by atoms with Gasteiger partial charge in [-0.2, -0.15) is 0 Å². The van der Waals surface area contributed by atoms with Gasteiger partial charge in [-0.25, -0.2) is 4.39 Å². The molecule has 1 rings (SSSR count). The molecule has 3 nitrogen and oxygen atoms in total. The van der Waals surface area contributed by atoms with Crippen LogP contribution in [0.25, 0.3) is 0 Å². The number of halogens is 2. The lowest BCUT2D eigenvalue weighted by Gasteiger charge is -2.19. The second kappa shape index (κ2) is 5.98. The van der Waals surface area contributed by atoms with Crippen LogP contribution in [-0.4, -0.2) is 23.7 Å². The second-order valence-electron chi connectivity index (χ2n) is 4.05. The third-order valence-electron chi connectivity index (χ3n) is 2.68. The van der Waals surface area contributed by atoms with Gasteiger partial charge in [-0.3, -0.25) is 4.79 Å². The van der Waals surface area contributed by atoms with Crippen LogP contribution in [-0.2, 0) is 0 Å². The maximum Gasteiger partial charge on any atom is 0.251 e. The van der Waals surface area contributed by atoms with Crippen molar-refractivity contribution in [1.82, 2.24) is 5.32 Å². The van der Waals surface area contributed by atoms with E-state index in [0.29, 0.717) is 5.56 Å². The number of hydrogen-bond acceptors (Lipinski definition) is 2. The summed E-state index contributed by atoms with van der Waals surface area (Å²) in [7, 11) is 0. The maximum atomic E-state index is 12.9. The van der Waals surface area contributed by atoms with Gasteiger partial charge in [0.2, 0.25) is 0 Å². The van der Waals surface area contributed by atoms with Gasteiger partial charge in [0, 0.05) is 18.2 Å². The Hall–Kier alpha value is -1.13. The zero-order chi connectivity index (χ0) is 13.0. The van der Waals surface area contributed by atoms with Crippen LogP contribution in [0.2, 0.25) is 5.02 Å². The molecule has 0 aliphatic rings. The summed E-state index contributed by atoms with van der Waals surface area (Å²) in [5.74, 6) is -0.936. The van der Waals surface area contributed by atoms with Crippen molar-refractivity contribution in [3.05, 3.63) is 34.6 Å². The molecule has 17 heavy (non-hydrogen) atoms. The molecule has 0 aliphatic carbocycles. The van der Waals surface area contributed by atoms with E-state index in [1.165, 1.54) is 12.1 Å².